The third-order valence-corrected chi connectivity index (χ3v) is 7.84. The number of hydrogen-bond acceptors (Lipinski definition) is 8. The quantitative estimate of drug-likeness (QED) is 0.634. The molecule has 0 aliphatic carbocycles. The molecule has 3 heterocycles. The van der Waals surface area contributed by atoms with Crippen molar-refractivity contribution >= 4 is 33.3 Å². The van der Waals surface area contributed by atoms with Crippen molar-refractivity contribution in [3.8, 4) is 17.2 Å². The highest BCUT2D eigenvalue weighted by molar-refractivity contribution is 7.91. The third kappa shape index (κ3) is 3.76. The largest absolute Gasteiger partial charge is 0.496 e. The van der Waals surface area contributed by atoms with Gasteiger partial charge in [0, 0.05) is 6.54 Å². The molecule has 29 heavy (non-hydrogen) atoms. The fourth-order valence-corrected chi connectivity index (χ4v) is 5.98. The molecule has 152 valence electrons. The Morgan fingerprint density at radius 2 is 2.10 bits per heavy atom. The molecule has 1 fully saturated rings. The average molecular weight is 434 g/mol. The van der Waals surface area contributed by atoms with Crippen LogP contribution in [0.1, 0.15) is 12.8 Å². The Balaban J connectivity index is 1.52. The highest BCUT2D eigenvalue weighted by Crippen LogP contribution is 2.31. The first-order valence-electron chi connectivity index (χ1n) is 8.84. The van der Waals surface area contributed by atoms with Crippen LogP contribution in [0.5, 0.6) is 5.75 Å². The first-order chi connectivity index (χ1) is 14.0. The van der Waals surface area contributed by atoms with Crippen molar-refractivity contribution in [3.05, 3.63) is 41.8 Å². The first-order valence-corrected chi connectivity index (χ1v) is 11.2. The number of nitrogens with one attached hydrogen (secondary N) is 1. The van der Waals surface area contributed by atoms with Crippen LogP contribution in [0.15, 0.2) is 50.4 Å². The lowest BCUT2D eigenvalue weighted by atomic mass is 10.2. The molecule has 1 aliphatic heterocycles. The summed E-state index contributed by atoms with van der Waals surface area (Å²) in [7, 11) is -2.19. The number of rotatable bonds is 6. The lowest BCUT2D eigenvalue weighted by Gasteiger charge is -2.21. The lowest BCUT2D eigenvalue weighted by molar-refractivity contribution is -0.119. The summed E-state index contributed by atoms with van der Waals surface area (Å²) in [5.41, 5.74) is 0.589. The van der Waals surface area contributed by atoms with Crippen LogP contribution >= 0.6 is 11.3 Å². The molecular weight excluding hydrogens is 416 g/mol. The fourth-order valence-electron chi connectivity index (χ4n) is 3.21. The number of anilines is 1. The number of sulfonamides is 1. The molecule has 2 aromatic heterocycles. The second kappa shape index (κ2) is 7.93. The monoisotopic (exact) mass is 434 g/mol. The normalized spacial score (nSPS) is 17.3. The van der Waals surface area contributed by atoms with Gasteiger partial charge < -0.3 is 9.15 Å². The maximum Gasteiger partial charge on any atom is 0.322 e. The molecule has 1 atom stereocenters. The zero-order valence-corrected chi connectivity index (χ0v) is 17.1. The number of ether oxygens (including phenoxy) is 1. The van der Waals surface area contributed by atoms with Crippen molar-refractivity contribution < 1.29 is 22.4 Å². The Hall–Kier alpha value is -2.76. The van der Waals surface area contributed by atoms with Crippen molar-refractivity contribution in [2.75, 3.05) is 19.0 Å². The van der Waals surface area contributed by atoms with Crippen molar-refractivity contribution in [1.29, 1.82) is 0 Å². The minimum absolute atomic E-state index is 0.101. The fraction of sp³-hybridized carbons (Fsp3) is 0.278. The summed E-state index contributed by atoms with van der Waals surface area (Å²) < 4.78 is 37.9. The Bertz CT molecular complexity index is 1110. The molecule has 9 nitrogen and oxygen atoms in total. The lowest BCUT2D eigenvalue weighted by Crippen LogP contribution is -2.42. The standard InChI is InChI=1S/C18H18N4O5S2/c1-26-14-8-3-2-6-12(14)17-20-21-18(27-17)19-16(23)13-7-4-10-22(13)29(24,25)15-9-5-11-28-15/h2-3,5-6,8-9,11,13H,4,7,10H2,1H3,(H,19,21,23)/t13-/m1/s1. The number of nitrogens with zero attached hydrogens (tertiary/aromatic N) is 3. The van der Waals surface area contributed by atoms with Crippen LogP contribution in [-0.2, 0) is 14.8 Å². The summed E-state index contributed by atoms with van der Waals surface area (Å²) in [4.78, 5) is 12.7. The molecule has 1 aromatic carbocycles. The number of aromatic nitrogens is 2. The van der Waals surface area contributed by atoms with Crippen LogP contribution in [0.4, 0.5) is 6.01 Å². The van der Waals surface area contributed by atoms with Gasteiger partial charge in [-0.25, -0.2) is 8.42 Å². The molecule has 0 unspecified atom stereocenters. The molecule has 4 rings (SSSR count). The smallest absolute Gasteiger partial charge is 0.322 e. The maximum absolute atomic E-state index is 12.8. The van der Waals surface area contributed by atoms with E-state index >= 15 is 0 Å². The summed E-state index contributed by atoms with van der Waals surface area (Å²) >= 11 is 1.12. The van der Waals surface area contributed by atoms with Crippen molar-refractivity contribution in [3.63, 3.8) is 0 Å². The molecule has 1 saturated heterocycles. The predicted molar refractivity (Wildman–Crippen MR) is 106 cm³/mol. The second-order valence-electron chi connectivity index (χ2n) is 6.31. The summed E-state index contributed by atoms with van der Waals surface area (Å²) in [6, 6.07) is 9.38. The van der Waals surface area contributed by atoms with E-state index in [9.17, 15) is 13.2 Å². The van der Waals surface area contributed by atoms with Gasteiger partial charge in [-0.1, -0.05) is 23.3 Å². The van der Waals surface area contributed by atoms with E-state index in [1.54, 1.807) is 29.6 Å². The van der Waals surface area contributed by atoms with Gasteiger partial charge in [0.2, 0.25) is 5.91 Å². The van der Waals surface area contributed by atoms with Crippen LogP contribution < -0.4 is 10.1 Å². The number of carbonyl (C=O) groups is 1. The number of para-hydroxylation sites is 1. The van der Waals surface area contributed by atoms with Crippen LogP contribution in [0.25, 0.3) is 11.5 Å². The molecule has 0 bridgehead atoms. The van der Waals surface area contributed by atoms with E-state index in [4.69, 9.17) is 9.15 Å². The van der Waals surface area contributed by atoms with E-state index in [2.05, 4.69) is 15.5 Å². The second-order valence-corrected chi connectivity index (χ2v) is 9.37. The zero-order chi connectivity index (χ0) is 20.4. The summed E-state index contributed by atoms with van der Waals surface area (Å²) in [6.45, 7) is 0.286. The SMILES string of the molecule is COc1ccccc1-c1nnc(NC(=O)[C@H]2CCCN2S(=O)(=O)c2cccs2)o1. The molecule has 1 aliphatic rings. The van der Waals surface area contributed by atoms with E-state index in [-0.39, 0.29) is 22.7 Å². The van der Waals surface area contributed by atoms with Gasteiger partial charge >= 0.3 is 6.01 Å². The number of benzene rings is 1. The van der Waals surface area contributed by atoms with Gasteiger partial charge in [-0.3, -0.25) is 10.1 Å². The summed E-state index contributed by atoms with van der Waals surface area (Å²) in [5, 5.41) is 12.0. The minimum Gasteiger partial charge on any atom is -0.496 e. The molecular formula is C18H18N4O5S2. The first kappa shape index (κ1) is 19.6. The number of hydrogen-bond donors (Lipinski definition) is 1. The maximum atomic E-state index is 12.8. The highest BCUT2D eigenvalue weighted by Gasteiger charge is 2.40. The van der Waals surface area contributed by atoms with Gasteiger partial charge in [0.15, 0.2) is 0 Å². The summed E-state index contributed by atoms with van der Waals surface area (Å²) in [6.07, 6.45) is 1.02. The van der Waals surface area contributed by atoms with Gasteiger partial charge in [0.25, 0.3) is 15.9 Å². The van der Waals surface area contributed by atoms with Crippen LogP contribution in [0, 0.1) is 0 Å². The molecule has 1 N–H and O–H groups in total. The van der Waals surface area contributed by atoms with Gasteiger partial charge in [-0.05, 0) is 36.4 Å². The molecule has 3 aromatic rings. The predicted octanol–water partition coefficient (Wildman–Crippen LogP) is 2.60. The molecule has 1 amide bonds. The van der Waals surface area contributed by atoms with Crippen LogP contribution in [0.3, 0.4) is 0 Å². The Labute approximate surface area is 171 Å². The molecule has 0 spiro atoms. The Morgan fingerprint density at radius 3 is 2.86 bits per heavy atom. The van der Waals surface area contributed by atoms with Crippen molar-refractivity contribution in [2.24, 2.45) is 0 Å². The van der Waals surface area contributed by atoms with Crippen LogP contribution in [-0.4, -0.2) is 48.5 Å². The van der Waals surface area contributed by atoms with Crippen molar-refractivity contribution in [1.82, 2.24) is 14.5 Å². The average Bonchev–Trinajstić information content (AvgIpc) is 3.49. The minimum atomic E-state index is -3.72. The van der Waals surface area contributed by atoms with E-state index in [1.807, 2.05) is 6.07 Å². The summed E-state index contributed by atoms with van der Waals surface area (Å²) in [5.74, 6) is 0.239. The number of thiophene rings is 1. The molecule has 0 saturated carbocycles. The zero-order valence-electron chi connectivity index (χ0n) is 15.4. The molecule has 0 radical (unpaired) electrons. The topological polar surface area (TPSA) is 115 Å². The van der Waals surface area contributed by atoms with Gasteiger partial charge in [0.1, 0.15) is 16.0 Å². The van der Waals surface area contributed by atoms with E-state index in [1.165, 1.54) is 17.5 Å². The van der Waals surface area contributed by atoms with Crippen LogP contribution in [0.2, 0.25) is 0 Å². The van der Waals surface area contributed by atoms with Gasteiger partial charge in [-0.2, -0.15) is 4.31 Å². The van der Waals surface area contributed by atoms with E-state index in [0.29, 0.717) is 24.2 Å². The van der Waals surface area contributed by atoms with Gasteiger partial charge in [-0.15, -0.1) is 16.4 Å². The van der Waals surface area contributed by atoms with E-state index in [0.717, 1.165) is 11.3 Å². The van der Waals surface area contributed by atoms with Crippen molar-refractivity contribution in [2.45, 2.75) is 23.1 Å². The van der Waals surface area contributed by atoms with Gasteiger partial charge in [0.05, 0.1) is 12.7 Å². The molecule has 11 heteroatoms. The Morgan fingerprint density at radius 1 is 1.28 bits per heavy atom. The number of amides is 1. The Kier molecular flexibility index (Phi) is 5.35. The highest BCUT2D eigenvalue weighted by atomic mass is 32.2. The third-order valence-electron chi connectivity index (χ3n) is 4.56. The number of carbonyl (C=O) groups excluding carboxylic acids is 1. The number of methoxy groups -OCH3 is 1. The van der Waals surface area contributed by atoms with E-state index < -0.39 is 22.0 Å².